The predicted molar refractivity (Wildman–Crippen MR) is 65.4 cm³/mol. The summed E-state index contributed by atoms with van der Waals surface area (Å²) < 4.78 is 38.0. The fraction of sp³-hybridized carbons (Fsp3) is 0.923. The van der Waals surface area contributed by atoms with Gasteiger partial charge in [-0.05, 0) is 32.6 Å². The Balaban J connectivity index is 2.52. The van der Waals surface area contributed by atoms with E-state index in [1.165, 1.54) is 4.90 Å². The molecule has 0 saturated heterocycles. The van der Waals surface area contributed by atoms with Crippen molar-refractivity contribution >= 4 is 5.91 Å². The van der Waals surface area contributed by atoms with Crippen LogP contribution < -0.4 is 0 Å². The van der Waals surface area contributed by atoms with Crippen LogP contribution in [0.1, 0.15) is 39.0 Å². The Bertz CT molecular complexity index is 305. The number of amides is 1. The van der Waals surface area contributed by atoms with Crippen LogP contribution in [0.4, 0.5) is 13.2 Å². The van der Waals surface area contributed by atoms with Crippen molar-refractivity contribution in [2.45, 2.75) is 51.3 Å². The van der Waals surface area contributed by atoms with Crippen LogP contribution in [0.2, 0.25) is 0 Å². The van der Waals surface area contributed by atoms with Crippen LogP contribution in [-0.4, -0.2) is 41.8 Å². The summed E-state index contributed by atoms with van der Waals surface area (Å²) in [5.74, 6) is -2.10. The van der Waals surface area contributed by atoms with E-state index >= 15 is 0 Å². The maximum Gasteiger partial charge on any atom is 0.391 e. The molecule has 1 amide bonds. The molecule has 0 aromatic rings. The van der Waals surface area contributed by atoms with Crippen molar-refractivity contribution in [3.8, 4) is 0 Å². The molecule has 0 heterocycles. The number of aliphatic hydroxyl groups is 1. The number of carbonyl (C=O) groups excluding carboxylic acids is 1. The first-order chi connectivity index (χ1) is 8.71. The number of carbonyl (C=O) groups is 1. The van der Waals surface area contributed by atoms with Crippen LogP contribution in [0.5, 0.6) is 0 Å². The van der Waals surface area contributed by atoms with Crippen LogP contribution >= 0.6 is 0 Å². The molecule has 19 heavy (non-hydrogen) atoms. The average Bonchev–Trinajstić information content (AvgIpc) is 2.34. The predicted octanol–water partition coefficient (Wildman–Crippen LogP) is 2.58. The molecule has 0 aliphatic heterocycles. The molecule has 0 radical (unpaired) electrons. The first-order valence-corrected chi connectivity index (χ1v) is 6.71. The second kappa shape index (κ2) is 6.59. The molecule has 1 saturated carbocycles. The zero-order chi connectivity index (χ0) is 14.6. The van der Waals surface area contributed by atoms with Gasteiger partial charge in [-0.1, -0.05) is 6.42 Å². The van der Waals surface area contributed by atoms with Gasteiger partial charge >= 0.3 is 6.18 Å². The fourth-order valence-corrected chi connectivity index (χ4v) is 2.51. The van der Waals surface area contributed by atoms with Crippen LogP contribution in [0, 0.1) is 11.8 Å². The maximum absolute atomic E-state index is 12.7. The van der Waals surface area contributed by atoms with E-state index in [1.807, 2.05) is 0 Å². The number of halogens is 3. The lowest BCUT2D eigenvalue weighted by Crippen LogP contribution is -2.39. The minimum atomic E-state index is -4.20. The molecule has 1 aliphatic carbocycles. The van der Waals surface area contributed by atoms with Gasteiger partial charge in [0, 0.05) is 19.5 Å². The molecule has 6 heteroatoms. The lowest BCUT2D eigenvalue weighted by Gasteiger charge is -2.32. The average molecular weight is 281 g/mol. The van der Waals surface area contributed by atoms with Crippen molar-refractivity contribution in [3.63, 3.8) is 0 Å². The van der Waals surface area contributed by atoms with E-state index in [9.17, 15) is 18.0 Å². The van der Waals surface area contributed by atoms with Gasteiger partial charge in [-0.2, -0.15) is 13.2 Å². The second-order valence-electron chi connectivity index (χ2n) is 5.50. The Labute approximate surface area is 111 Å². The molecular formula is C13H22F3NO2. The zero-order valence-corrected chi connectivity index (χ0v) is 11.4. The number of rotatable bonds is 4. The molecule has 0 bridgehead atoms. The summed E-state index contributed by atoms with van der Waals surface area (Å²) in [6.07, 6.45) is -3.25. The quantitative estimate of drug-likeness (QED) is 0.860. The molecule has 0 aromatic carbocycles. The van der Waals surface area contributed by atoms with E-state index in [0.717, 1.165) is 0 Å². The van der Waals surface area contributed by atoms with Crippen molar-refractivity contribution < 1.29 is 23.1 Å². The molecule has 1 aliphatic rings. The Morgan fingerprint density at radius 3 is 2.58 bits per heavy atom. The summed E-state index contributed by atoms with van der Waals surface area (Å²) >= 11 is 0. The number of alkyl halides is 3. The molecule has 1 N–H and O–H groups in total. The maximum atomic E-state index is 12.7. The monoisotopic (exact) mass is 281 g/mol. The van der Waals surface area contributed by atoms with Crippen molar-refractivity contribution in [1.82, 2.24) is 4.90 Å². The molecule has 1 fully saturated rings. The Kier molecular flexibility index (Phi) is 5.64. The van der Waals surface area contributed by atoms with Gasteiger partial charge in [0.05, 0.1) is 12.0 Å². The van der Waals surface area contributed by atoms with Crippen LogP contribution in [0.3, 0.4) is 0 Å². The van der Waals surface area contributed by atoms with E-state index in [2.05, 4.69) is 0 Å². The van der Waals surface area contributed by atoms with E-state index in [0.29, 0.717) is 25.8 Å². The van der Waals surface area contributed by atoms with Crippen molar-refractivity contribution in [2.24, 2.45) is 11.8 Å². The van der Waals surface area contributed by atoms with E-state index < -0.39 is 24.1 Å². The van der Waals surface area contributed by atoms with Gasteiger partial charge in [-0.15, -0.1) is 0 Å². The first kappa shape index (κ1) is 16.3. The summed E-state index contributed by atoms with van der Waals surface area (Å²) in [4.78, 5) is 13.5. The first-order valence-electron chi connectivity index (χ1n) is 6.71. The second-order valence-corrected chi connectivity index (χ2v) is 5.50. The minimum Gasteiger partial charge on any atom is -0.393 e. The van der Waals surface area contributed by atoms with Crippen molar-refractivity contribution in [3.05, 3.63) is 0 Å². The molecular weight excluding hydrogens is 259 g/mol. The Morgan fingerprint density at radius 1 is 1.42 bits per heavy atom. The van der Waals surface area contributed by atoms with Gasteiger partial charge in [-0.25, -0.2) is 0 Å². The zero-order valence-electron chi connectivity index (χ0n) is 11.4. The smallest absolute Gasteiger partial charge is 0.391 e. The van der Waals surface area contributed by atoms with Gasteiger partial charge in [0.25, 0.3) is 0 Å². The number of nitrogens with zero attached hydrogens (tertiary/aromatic N) is 1. The molecule has 1 rings (SSSR count). The Morgan fingerprint density at radius 2 is 2.05 bits per heavy atom. The lowest BCUT2D eigenvalue weighted by atomic mass is 9.80. The molecule has 3 nitrogen and oxygen atoms in total. The van der Waals surface area contributed by atoms with Crippen LogP contribution in [0.15, 0.2) is 0 Å². The van der Waals surface area contributed by atoms with E-state index in [4.69, 9.17) is 5.11 Å². The van der Waals surface area contributed by atoms with Gasteiger partial charge in [0.15, 0.2) is 0 Å². The standard InChI is InChI=1S/C13H22F3NO2/c1-9(18)6-7-17(2)12(19)10-4-3-5-11(8-10)13(14,15)16/h9-11,18H,3-8H2,1-2H3. The SMILES string of the molecule is CC(O)CCN(C)C(=O)C1CCCC(C(F)(F)F)C1. The third kappa shape index (κ3) is 5.01. The highest BCUT2D eigenvalue weighted by atomic mass is 19.4. The fourth-order valence-electron chi connectivity index (χ4n) is 2.51. The van der Waals surface area contributed by atoms with Gasteiger partial charge < -0.3 is 10.0 Å². The summed E-state index contributed by atoms with van der Waals surface area (Å²) in [5, 5.41) is 9.16. The van der Waals surface area contributed by atoms with Gasteiger partial charge in [0.2, 0.25) is 5.91 Å². The molecule has 3 atom stereocenters. The van der Waals surface area contributed by atoms with E-state index in [-0.39, 0.29) is 18.7 Å². The van der Waals surface area contributed by atoms with E-state index in [1.54, 1.807) is 14.0 Å². The summed E-state index contributed by atoms with van der Waals surface area (Å²) in [6.45, 7) is 2.00. The minimum absolute atomic E-state index is 0.0959. The molecule has 0 aromatic heterocycles. The molecule has 3 unspecified atom stereocenters. The largest absolute Gasteiger partial charge is 0.393 e. The third-order valence-corrected chi connectivity index (χ3v) is 3.74. The van der Waals surface area contributed by atoms with Crippen LogP contribution in [0.25, 0.3) is 0 Å². The number of hydrogen-bond acceptors (Lipinski definition) is 2. The third-order valence-electron chi connectivity index (χ3n) is 3.74. The number of hydrogen-bond donors (Lipinski definition) is 1. The normalized spacial score (nSPS) is 26.0. The highest BCUT2D eigenvalue weighted by Gasteiger charge is 2.43. The van der Waals surface area contributed by atoms with Crippen molar-refractivity contribution in [2.75, 3.05) is 13.6 Å². The molecule has 112 valence electrons. The van der Waals surface area contributed by atoms with Crippen LogP contribution in [-0.2, 0) is 4.79 Å². The summed E-state index contributed by atoms with van der Waals surface area (Å²) in [7, 11) is 1.59. The highest BCUT2D eigenvalue weighted by Crippen LogP contribution is 2.40. The van der Waals surface area contributed by atoms with Gasteiger partial charge in [-0.3, -0.25) is 4.79 Å². The lowest BCUT2D eigenvalue weighted by molar-refractivity contribution is -0.187. The summed E-state index contributed by atoms with van der Waals surface area (Å²) in [5.41, 5.74) is 0. The topological polar surface area (TPSA) is 40.5 Å². The number of aliphatic hydroxyl groups excluding tert-OH is 1. The summed E-state index contributed by atoms with van der Waals surface area (Å²) in [6, 6.07) is 0. The Hall–Kier alpha value is -0.780. The molecule has 0 spiro atoms. The van der Waals surface area contributed by atoms with Gasteiger partial charge in [0.1, 0.15) is 0 Å². The highest BCUT2D eigenvalue weighted by molar-refractivity contribution is 5.78. The van der Waals surface area contributed by atoms with Crippen molar-refractivity contribution in [1.29, 1.82) is 0 Å².